The van der Waals surface area contributed by atoms with E-state index in [0.29, 0.717) is 18.0 Å². The summed E-state index contributed by atoms with van der Waals surface area (Å²) in [6.45, 7) is 2.58. The first-order chi connectivity index (χ1) is 18.0. The van der Waals surface area contributed by atoms with Crippen molar-refractivity contribution in [2.24, 2.45) is 0 Å². The van der Waals surface area contributed by atoms with Crippen molar-refractivity contribution in [3.8, 4) is 28.0 Å². The van der Waals surface area contributed by atoms with Crippen LogP contribution in [0.5, 0.6) is 5.75 Å². The normalized spacial score (nSPS) is 13.6. The Morgan fingerprint density at radius 2 is 1.27 bits per heavy atom. The highest BCUT2D eigenvalue weighted by atomic mass is 32.2. The van der Waals surface area contributed by atoms with Crippen LogP contribution in [-0.4, -0.2) is 19.8 Å². The van der Waals surface area contributed by atoms with Crippen molar-refractivity contribution in [3.05, 3.63) is 120 Å². The minimum absolute atomic E-state index is 0.308. The maximum absolute atomic E-state index is 13.8. The smallest absolute Gasteiger partial charge is 0.243 e. The predicted octanol–water partition coefficient (Wildman–Crippen LogP) is 7.20. The van der Waals surface area contributed by atoms with Crippen molar-refractivity contribution < 1.29 is 13.2 Å². The van der Waals surface area contributed by atoms with E-state index in [9.17, 15) is 8.42 Å². The number of methoxy groups -OCH3 is 1. The van der Waals surface area contributed by atoms with Gasteiger partial charge in [0.25, 0.3) is 0 Å². The molecule has 184 valence electrons. The van der Waals surface area contributed by atoms with E-state index in [0.717, 1.165) is 55.5 Å². The summed E-state index contributed by atoms with van der Waals surface area (Å²) in [6, 6.07) is 33.8. The van der Waals surface area contributed by atoms with Gasteiger partial charge in [-0.15, -0.1) is 0 Å². The van der Waals surface area contributed by atoms with Gasteiger partial charge in [0, 0.05) is 13.1 Å². The highest BCUT2D eigenvalue weighted by molar-refractivity contribution is 7.89. The number of rotatable bonds is 5. The molecule has 1 aliphatic rings. The van der Waals surface area contributed by atoms with Gasteiger partial charge in [-0.05, 0) is 75.3 Å². The van der Waals surface area contributed by atoms with Crippen LogP contribution in [0.1, 0.15) is 16.7 Å². The number of ether oxygens (including phenoxy) is 1. The molecule has 0 aliphatic carbocycles. The summed E-state index contributed by atoms with van der Waals surface area (Å²) in [5.74, 6) is 0.751. The maximum Gasteiger partial charge on any atom is 0.243 e. The molecule has 0 fully saturated rings. The van der Waals surface area contributed by atoms with E-state index in [4.69, 9.17) is 4.74 Å². The zero-order chi connectivity index (χ0) is 25.6. The lowest BCUT2D eigenvalue weighted by Crippen LogP contribution is -2.25. The molecule has 37 heavy (non-hydrogen) atoms. The first kappa shape index (κ1) is 23.5. The van der Waals surface area contributed by atoms with E-state index in [2.05, 4.69) is 30.3 Å². The Morgan fingerprint density at radius 1 is 0.676 bits per heavy atom. The van der Waals surface area contributed by atoms with Crippen LogP contribution in [0.4, 0.5) is 0 Å². The standard InChI is InChI=1S/C32H27NO3S/c1-22-13-16-26(17-14-22)37(34,35)33-20-29-28-19-25(36-2)15-18-27(28)31(23-9-5-3-6-10-23)32(30(29)21-33)24-11-7-4-8-12-24/h3-19H,20-21H2,1-2H3. The lowest BCUT2D eigenvalue weighted by Gasteiger charge is -2.20. The number of hydrogen-bond donors (Lipinski definition) is 0. The second-order valence-corrected chi connectivity index (χ2v) is 11.4. The quantitative estimate of drug-likeness (QED) is 0.254. The second-order valence-electron chi connectivity index (χ2n) is 9.44. The molecule has 0 atom stereocenters. The third-order valence-electron chi connectivity index (χ3n) is 7.19. The van der Waals surface area contributed by atoms with Crippen LogP contribution >= 0.6 is 0 Å². The molecule has 0 N–H and O–H groups in total. The van der Waals surface area contributed by atoms with Gasteiger partial charge in [-0.1, -0.05) is 84.4 Å². The third-order valence-corrected chi connectivity index (χ3v) is 9.00. The van der Waals surface area contributed by atoms with Crippen LogP contribution in [0.2, 0.25) is 0 Å². The van der Waals surface area contributed by atoms with E-state index in [1.165, 1.54) is 0 Å². The number of sulfonamides is 1. The molecule has 0 saturated heterocycles. The number of hydrogen-bond acceptors (Lipinski definition) is 3. The summed E-state index contributed by atoms with van der Waals surface area (Å²) in [4.78, 5) is 0.317. The summed E-state index contributed by atoms with van der Waals surface area (Å²) < 4.78 is 34.7. The van der Waals surface area contributed by atoms with Crippen molar-refractivity contribution in [1.29, 1.82) is 0 Å². The van der Waals surface area contributed by atoms with Gasteiger partial charge >= 0.3 is 0 Å². The van der Waals surface area contributed by atoms with Crippen molar-refractivity contribution in [2.75, 3.05) is 7.11 Å². The van der Waals surface area contributed by atoms with Gasteiger partial charge in [-0.2, -0.15) is 4.31 Å². The Labute approximate surface area is 217 Å². The molecule has 1 aliphatic heterocycles. The molecule has 5 heteroatoms. The Balaban J connectivity index is 1.65. The van der Waals surface area contributed by atoms with Crippen molar-refractivity contribution in [3.63, 3.8) is 0 Å². The van der Waals surface area contributed by atoms with Crippen LogP contribution in [0.25, 0.3) is 33.0 Å². The highest BCUT2D eigenvalue weighted by Crippen LogP contribution is 2.47. The van der Waals surface area contributed by atoms with Gasteiger partial charge in [-0.25, -0.2) is 8.42 Å². The fourth-order valence-electron chi connectivity index (χ4n) is 5.34. The lowest BCUT2D eigenvalue weighted by atomic mass is 9.84. The third kappa shape index (κ3) is 4.01. The average molecular weight is 506 g/mol. The van der Waals surface area contributed by atoms with Gasteiger partial charge in [0.15, 0.2) is 0 Å². The molecule has 0 radical (unpaired) electrons. The molecule has 6 rings (SSSR count). The van der Waals surface area contributed by atoms with Gasteiger partial charge < -0.3 is 4.74 Å². The zero-order valence-corrected chi connectivity index (χ0v) is 21.6. The molecule has 0 unspecified atom stereocenters. The Morgan fingerprint density at radius 3 is 1.89 bits per heavy atom. The van der Waals surface area contributed by atoms with E-state index in [-0.39, 0.29) is 0 Å². The van der Waals surface area contributed by atoms with Gasteiger partial charge in [0.1, 0.15) is 5.75 Å². The molecule has 5 aromatic rings. The van der Waals surface area contributed by atoms with Crippen molar-refractivity contribution >= 4 is 20.8 Å². The van der Waals surface area contributed by atoms with E-state index < -0.39 is 10.0 Å². The fraction of sp³-hybridized carbons (Fsp3) is 0.125. The molecule has 0 aromatic heterocycles. The van der Waals surface area contributed by atoms with Crippen LogP contribution in [0.3, 0.4) is 0 Å². The zero-order valence-electron chi connectivity index (χ0n) is 20.8. The second kappa shape index (κ2) is 9.18. The molecule has 4 nitrogen and oxygen atoms in total. The summed E-state index contributed by atoms with van der Waals surface area (Å²) in [7, 11) is -2.02. The van der Waals surface area contributed by atoms with E-state index in [1.54, 1.807) is 23.5 Å². The number of benzene rings is 5. The van der Waals surface area contributed by atoms with Crippen molar-refractivity contribution in [1.82, 2.24) is 4.31 Å². The number of aryl methyl sites for hydroxylation is 1. The molecular weight excluding hydrogens is 478 g/mol. The lowest BCUT2D eigenvalue weighted by molar-refractivity contribution is 0.415. The maximum atomic E-state index is 13.8. The topological polar surface area (TPSA) is 46.6 Å². The molecular formula is C32H27NO3S. The monoisotopic (exact) mass is 505 g/mol. The van der Waals surface area contributed by atoms with Crippen molar-refractivity contribution in [2.45, 2.75) is 24.9 Å². The first-order valence-corrected chi connectivity index (χ1v) is 13.7. The first-order valence-electron chi connectivity index (χ1n) is 12.3. The largest absolute Gasteiger partial charge is 0.497 e. The molecule has 0 amide bonds. The summed E-state index contributed by atoms with van der Waals surface area (Å²) in [6.07, 6.45) is 0. The number of fused-ring (bicyclic) bond motifs is 3. The van der Waals surface area contributed by atoms with Crippen LogP contribution < -0.4 is 4.74 Å². The van der Waals surface area contributed by atoms with Gasteiger partial charge in [0.05, 0.1) is 12.0 Å². The van der Waals surface area contributed by atoms with Crippen LogP contribution in [0.15, 0.2) is 108 Å². The fourth-order valence-corrected chi connectivity index (χ4v) is 6.71. The average Bonchev–Trinajstić information content (AvgIpc) is 3.40. The predicted molar refractivity (Wildman–Crippen MR) is 149 cm³/mol. The highest BCUT2D eigenvalue weighted by Gasteiger charge is 2.35. The Bertz CT molecular complexity index is 1710. The van der Waals surface area contributed by atoms with E-state index >= 15 is 0 Å². The minimum atomic E-state index is -3.68. The molecule has 0 bridgehead atoms. The molecule has 0 spiro atoms. The van der Waals surface area contributed by atoms with E-state index in [1.807, 2.05) is 67.6 Å². The van der Waals surface area contributed by atoms with Gasteiger partial charge in [0.2, 0.25) is 10.0 Å². The molecule has 1 heterocycles. The summed E-state index contributed by atoms with van der Waals surface area (Å²) >= 11 is 0. The molecule has 0 saturated carbocycles. The Kier molecular flexibility index (Phi) is 5.82. The minimum Gasteiger partial charge on any atom is -0.497 e. The number of nitrogens with zero attached hydrogens (tertiary/aromatic N) is 1. The molecule has 5 aromatic carbocycles. The van der Waals surface area contributed by atoms with Crippen LogP contribution in [0, 0.1) is 6.92 Å². The van der Waals surface area contributed by atoms with Gasteiger partial charge in [-0.3, -0.25) is 0 Å². The summed E-state index contributed by atoms with van der Waals surface area (Å²) in [5.41, 5.74) is 7.47. The summed E-state index contributed by atoms with van der Waals surface area (Å²) in [5, 5.41) is 2.11. The van der Waals surface area contributed by atoms with Crippen LogP contribution in [-0.2, 0) is 23.1 Å². The SMILES string of the molecule is COc1ccc2c(-c3ccccc3)c(-c3ccccc3)c3c(c2c1)CN(S(=O)(=O)c1ccc(C)cc1)C3. The Hall–Kier alpha value is -3.93.